The van der Waals surface area contributed by atoms with Gasteiger partial charge in [0.15, 0.2) is 0 Å². The van der Waals surface area contributed by atoms with Crippen molar-refractivity contribution in [2.75, 3.05) is 13.1 Å². The Morgan fingerprint density at radius 3 is 2.79 bits per heavy atom. The monoisotopic (exact) mass is 210 g/mol. The molecule has 1 saturated heterocycles. The molecule has 0 unspecified atom stereocenters. The summed E-state index contributed by atoms with van der Waals surface area (Å²) in [6, 6.07) is 3.95. The third-order valence-electron chi connectivity index (χ3n) is 2.77. The van der Waals surface area contributed by atoms with Crippen LogP contribution in [0.4, 0.5) is 0 Å². The van der Waals surface area contributed by atoms with Gasteiger partial charge in [-0.3, -0.25) is 0 Å². The molecule has 76 valence electrons. The Balaban J connectivity index is 1.92. The topological polar surface area (TPSA) is 24.9 Å². The first-order valence-corrected chi connectivity index (χ1v) is 5.53. The zero-order valence-corrected chi connectivity index (χ0v) is 8.93. The second-order valence-electron chi connectivity index (χ2n) is 3.89. The molecule has 2 rings (SSSR count). The zero-order valence-electron chi connectivity index (χ0n) is 8.17. The second-order valence-corrected chi connectivity index (χ2v) is 4.27. The van der Waals surface area contributed by atoms with Crippen molar-refractivity contribution in [1.82, 2.24) is 10.3 Å². The van der Waals surface area contributed by atoms with E-state index >= 15 is 0 Å². The summed E-state index contributed by atoms with van der Waals surface area (Å²) in [5.74, 6) is 0.819. The van der Waals surface area contributed by atoms with Crippen LogP contribution in [-0.2, 0) is 6.42 Å². The van der Waals surface area contributed by atoms with Crippen LogP contribution in [0.1, 0.15) is 18.4 Å². The first-order chi connectivity index (χ1) is 6.84. The van der Waals surface area contributed by atoms with Gasteiger partial charge < -0.3 is 5.32 Å². The fraction of sp³-hybridized carbons (Fsp3) is 0.545. The number of rotatable bonds is 2. The summed E-state index contributed by atoms with van der Waals surface area (Å²) in [5.41, 5.74) is 1.31. The van der Waals surface area contributed by atoms with Gasteiger partial charge in [-0.25, -0.2) is 4.98 Å². The molecule has 0 saturated carbocycles. The Bertz CT molecular complexity index is 278. The third-order valence-corrected chi connectivity index (χ3v) is 3.00. The average Bonchev–Trinajstić information content (AvgIpc) is 2.23. The Morgan fingerprint density at radius 2 is 2.14 bits per heavy atom. The van der Waals surface area contributed by atoms with Crippen LogP contribution in [0.5, 0.6) is 0 Å². The first-order valence-electron chi connectivity index (χ1n) is 5.16. The van der Waals surface area contributed by atoms with Gasteiger partial charge in [0, 0.05) is 6.20 Å². The van der Waals surface area contributed by atoms with E-state index in [2.05, 4.69) is 16.4 Å². The minimum absolute atomic E-state index is 0.582. The molecule has 1 aliphatic heterocycles. The molecule has 0 aromatic carbocycles. The lowest BCUT2D eigenvalue weighted by Gasteiger charge is -2.22. The number of hydrogen-bond donors (Lipinski definition) is 1. The third kappa shape index (κ3) is 2.69. The summed E-state index contributed by atoms with van der Waals surface area (Å²) in [6.07, 6.45) is 5.60. The minimum atomic E-state index is 0.582. The van der Waals surface area contributed by atoms with Crippen LogP contribution in [0.15, 0.2) is 18.3 Å². The van der Waals surface area contributed by atoms with Gasteiger partial charge in [-0.1, -0.05) is 17.7 Å². The highest BCUT2D eigenvalue weighted by atomic mass is 35.5. The smallest absolute Gasteiger partial charge is 0.129 e. The van der Waals surface area contributed by atoms with E-state index in [0.717, 1.165) is 25.4 Å². The molecule has 0 spiro atoms. The van der Waals surface area contributed by atoms with Gasteiger partial charge in [0.2, 0.25) is 0 Å². The van der Waals surface area contributed by atoms with Crippen molar-refractivity contribution in [3.8, 4) is 0 Å². The molecule has 2 heterocycles. The van der Waals surface area contributed by atoms with Gasteiger partial charge in [0.1, 0.15) is 5.15 Å². The van der Waals surface area contributed by atoms with E-state index in [1.54, 1.807) is 0 Å². The van der Waals surface area contributed by atoms with E-state index in [9.17, 15) is 0 Å². The number of aromatic nitrogens is 1. The lowest BCUT2D eigenvalue weighted by atomic mass is 9.92. The number of hydrogen-bond acceptors (Lipinski definition) is 2. The summed E-state index contributed by atoms with van der Waals surface area (Å²) in [4.78, 5) is 4.09. The molecule has 14 heavy (non-hydrogen) atoms. The standard InChI is InChI=1S/C11H15ClN2/c12-11-2-1-10(8-14-11)7-9-3-5-13-6-4-9/h1-2,8-9,13H,3-7H2. The molecule has 0 amide bonds. The summed E-state index contributed by atoms with van der Waals surface area (Å²) in [5, 5.41) is 3.96. The van der Waals surface area contributed by atoms with Crippen LogP contribution < -0.4 is 5.32 Å². The fourth-order valence-corrected chi connectivity index (χ4v) is 2.06. The van der Waals surface area contributed by atoms with Crippen LogP contribution in [0.3, 0.4) is 0 Å². The molecule has 1 aliphatic rings. The second kappa shape index (κ2) is 4.76. The van der Waals surface area contributed by atoms with Crippen molar-refractivity contribution in [3.05, 3.63) is 29.0 Å². The Hall–Kier alpha value is -0.600. The van der Waals surface area contributed by atoms with Crippen LogP contribution in [0, 0.1) is 5.92 Å². The Morgan fingerprint density at radius 1 is 1.36 bits per heavy atom. The van der Waals surface area contributed by atoms with Crippen LogP contribution in [-0.4, -0.2) is 18.1 Å². The number of nitrogens with zero attached hydrogens (tertiary/aromatic N) is 1. The molecule has 1 aromatic heterocycles. The maximum absolute atomic E-state index is 5.73. The maximum atomic E-state index is 5.73. The molecule has 0 radical (unpaired) electrons. The molecule has 0 bridgehead atoms. The normalized spacial score (nSPS) is 18.4. The van der Waals surface area contributed by atoms with Gasteiger partial charge in [-0.05, 0) is 49.9 Å². The minimum Gasteiger partial charge on any atom is -0.317 e. The van der Waals surface area contributed by atoms with Crippen molar-refractivity contribution in [2.45, 2.75) is 19.3 Å². The van der Waals surface area contributed by atoms with E-state index in [1.807, 2.05) is 12.3 Å². The molecule has 1 aromatic rings. The molecular formula is C11H15ClN2. The number of nitrogens with one attached hydrogen (secondary N) is 1. The van der Waals surface area contributed by atoms with Gasteiger partial charge in [-0.15, -0.1) is 0 Å². The van der Waals surface area contributed by atoms with E-state index in [4.69, 9.17) is 11.6 Å². The highest BCUT2D eigenvalue weighted by molar-refractivity contribution is 6.29. The van der Waals surface area contributed by atoms with Crippen molar-refractivity contribution in [1.29, 1.82) is 0 Å². The quantitative estimate of drug-likeness (QED) is 0.758. The van der Waals surface area contributed by atoms with Gasteiger partial charge >= 0.3 is 0 Å². The number of pyridine rings is 1. The SMILES string of the molecule is Clc1ccc(CC2CCNCC2)cn1. The largest absolute Gasteiger partial charge is 0.317 e. The summed E-state index contributed by atoms with van der Waals surface area (Å²) in [6.45, 7) is 2.32. The van der Waals surface area contributed by atoms with Gasteiger partial charge in [0.25, 0.3) is 0 Å². The van der Waals surface area contributed by atoms with Crippen molar-refractivity contribution < 1.29 is 0 Å². The summed E-state index contributed by atoms with van der Waals surface area (Å²) < 4.78 is 0. The highest BCUT2D eigenvalue weighted by Gasteiger charge is 2.13. The average molecular weight is 211 g/mol. The molecule has 1 fully saturated rings. The lowest BCUT2D eigenvalue weighted by molar-refractivity contribution is 0.372. The van der Waals surface area contributed by atoms with Crippen LogP contribution in [0.2, 0.25) is 5.15 Å². The van der Waals surface area contributed by atoms with Gasteiger partial charge in [-0.2, -0.15) is 0 Å². The molecule has 1 N–H and O–H groups in total. The zero-order chi connectivity index (χ0) is 9.80. The van der Waals surface area contributed by atoms with Gasteiger partial charge in [0.05, 0.1) is 0 Å². The van der Waals surface area contributed by atoms with E-state index in [1.165, 1.54) is 18.4 Å². The Kier molecular flexibility index (Phi) is 3.38. The van der Waals surface area contributed by atoms with Crippen molar-refractivity contribution in [3.63, 3.8) is 0 Å². The number of halogens is 1. The molecule has 2 nitrogen and oxygen atoms in total. The fourth-order valence-electron chi connectivity index (χ4n) is 1.95. The summed E-state index contributed by atoms with van der Waals surface area (Å²) in [7, 11) is 0. The number of piperidine rings is 1. The molecule has 0 atom stereocenters. The van der Waals surface area contributed by atoms with E-state index < -0.39 is 0 Å². The van der Waals surface area contributed by atoms with Crippen molar-refractivity contribution in [2.24, 2.45) is 5.92 Å². The van der Waals surface area contributed by atoms with Crippen LogP contribution >= 0.6 is 11.6 Å². The summed E-state index contributed by atoms with van der Waals surface area (Å²) >= 11 is 5.73. The first kappa shape index (κ1) is 9.94. The molecule has 0 aliphatic carbocycles. The van der Waals surface area contributed by atoms with Crippen LogP contribution in [0.25, 0.3) is 0 Å². The maximum Gasteiger partial charge on any atom is 0.129 e. The Labute approximate surface area is 89.7 Å². The molecule has 3 heteroatoms. The predicted octanol–water partition coefficient (Wildman–Crippen LogP) is 2.28. The highest BCUT2D eigenvalue weighted by Crippen LogP contribution is 2.18. The van der Waals surface area contributed by atoms with Crippen molar-refractivity contribution >= 4 is 11.6 Å². The van der Waals surface area contributed by atoms with E-state index in [-0.39, 0.29) is 0 Å². The molecular weight excluding hydrogens is 196 g/mol. The predicted molar refractivity (Wildman–Crippen MR) is 58.5 cm³/mol. The lowest BCUT2D eigenvalue weighted by Crippen LogP contribution is -2.28. The van der Waals surface area contributed by atoms with E-state index in [0.29, 0.717) is 5.15 Å².